The molecule has 0 aliphatic carbocycles. The first-order valence-electron chi connectivity index (χ1n) is 7.70. The Morgan fingerprint density at radius 1 is 1.27 bits per heavy atom. The molecule has 0 bridgehead atoms. The van der Waals surface area contributed by atoms with E-state index in [2.05, 4.69) is 6.58 Å². The Labute approximate surface area is 132 Å². The quantitative estimate of drug-likeness (QED) is 0.428. The van der Waals surface area contributed by atoms with Gasteiger partial charge in [0.1, 0.15) is 18.2 Å². The molecule has 0 saturated carbocycles. The van der Waals surface area contributed by atoms with Crippen molar-refractivity contribution in [2.24, 2.45) is 0 Å². The molecule has 0 spiro atoms. The van der Waals surface area contributed by atoms with Crippen molar-refractivity contribution in [3.05, 3.63) is 12.7 Å². The van der Waals surface area contributed by atoms with Gasteiger partial charge in [0.25, 0.3) is 0 Å². The van der Waals surface area contributed by atoms with E-state index in [9.17, 15) is 9.59 Å². The number of amides is 1. The van der Waals surface area contributed by atoms with Gasteiger partial charge in [-0.1, -0.05) is 6.08 Å². The Balaban J connectivity index is 2.51. The highest BCUT2D eigenvalue weighted by atomic mass is 16.6. The maximum atomic E-state index is 12.2. The van der Waals surface area contributed by atoms with Gasteiger partial charge in [-0.3, -0.25) is 4.90 Å². The number of esters is 1. The van der Waals surface area contributed by atoms with Crippen LogP contribution in [0.15, 0.2) is 12.7 Å². The van der Waals surface area contributed by atoms with Crippen LogP contribution in [0.3, 0.4) is 0 Å². The maximum Gasteiger partial charge on any atom is 0.411 e. The Hall–Kier alpha value is -1.56. The summed E-state index contributed by atoms with van der Waals surface area (Å²) in [6.07, 6.45) is 3.54. The SMILES string of the molecule is C=CCOCCOC(=O)[C@@H]1CCCCN1C(=O)OC(C)(C)C. The molecule has 1 fully saturated rings. The molecule has 22 heavy (non-hydrogen) atoms. The fraction of sp³-hybridized carbons (Fsp3) is 0.750. The molecule has 1 amide bonds. The molecule has 0 aromatic heterocycles. The fourth-order valence-corrected chi connectivity index (χ4v) is 2.18. The molecule has 1 atom stereocenters. The average molecular weight is 313 g/mol. The van der Waals surface area contributed by atoms with Crippen LogP contribution in [-0.4, -0.2) is 55.0 Å². The summed E-state index contributed by atoms with van der Waals surface area (Å²) in [5, 5.41) is 0. The summed E-state index contributed by atoms with van der Waals surface area (Å²) < 4.78 is 15.7. The van der Waals surface area contributed by atoms with Crippen LogP contribution in [0.1, 0.15) is 40.0 Å². The van der Waals surface area contributed by atoms with Crippen molar-refractivity contribution in [1.82, 2.24) is 4.90 Å². The van der Waals surface area contributed by atoms with Gasteiger partial charge >= 0.3 is 12.1 Å². The smallest absolute Gasteiger partial charge is 0.411 e. The van der Waals surface area contributed by atoms with Crippen molar-refractivity contribution < 1.29 is 23.8 Å². The van der Waals surface area contributed by atoms with E-state index in [0.717, 1.165) is 12.8 Å². The second-order valence-corrected chi connectivity index (χ2v) is 6.22. The third-order valence-corrected chi connectivity index (χ3v) is 3.11. The van der Waals surface area contributed by atoms with E-state index < -0.39 is 23.7 Å². The molecule has 1 aliphatic rings. The molecule has 126 valence electrons. The van der Waals surface area contributed by atoms with E-state index in [1.165, 1.54) is 4.90 Å². The average Bonchev–Trinajstić information content (AvgIpc) is 2.45. The zero-order valence-electron chi connectivity index (χ0n) is 13.8. The largest absolute Gasteiger partial charge is 0.462 e. The van der Waals surface area contributed by atoms with E-state index >= 15 is 0 Å². The van der Waals surface area contributed by atoms with Crippen molar-refractivity contribution in [2.45, 2.75) is 51.7 Å². The second-order valence-electron chi connectivity index (χ2n) is 6.22. The first kappa shape index (κ1) is 18.5. The molecule has 1 rings (SSSR count). The van der Waals surface area contributed by atoms with Crippen LogP contribution in [-0.2, 0) is 19.0 Å². The minimum Gasteiger partial charge on any atom is -0.462 e. The van der Waals surface area contributed by atoms with Crippen LogP contribution in [0.5, 0.6) is 0 Å². The Morgan fingerprint density at radius 3 is 2.64 bits per heavy atom. The zero-order chi connectivity index (χ0) is 16.6. The first-order chi connectivity index (χ1) is 10.3. The summed E-state index contributed by atoms with van der Waals surface area (Å²) in [6.45, 7) is 10.4. The van der Waals surface area contributed by atoms with E-state index in [-0.39, 0.29) is 6.61 Å². The number of ether oxygens (including phenoxy) is 3. The highest BCUT2D eigenvalue weighted by Gasteiger charge is 2.35. The summed E-state index contributed by atoms with van der Waals surface area (Å²) in [6, 6.07) is -0.567. The Kier molecular flexibility index (Phi) is 7.38. The number of hydrogen-bond donors (Lipinski definition) is 0. The predicted octanol–water partition coefficient (Wildman–Crippen LogP) is 2.52. The standard InChI is InChI=1S/C16H27NO5/c1-5-10-20-11-12-21-14(18)13-8-6-7-9-17(13)15(19)22-16(2,3)4/h5,13H,1,6-12H2,2-4H3/t13-/m0/s1. The number of carbonyl (C=O) groups is 2. The number of rotatable bonds is 6. The number of nitrogens with zero attached hydrogens (tertiary/aromatic N) is 1. The summed E-state index contributed by atoms with van der Waals surface area (Å²) in [5.41, 5.74) is -0.582. The highest BCUT2D eigenvalue weighted by Crippen LogP contribution is 2.21. The van der Waals surface area contributed by atoms with Gasteiger partial charge in [-0.25, -0.2) is 9.59 Å². The molecule has 0 unspecified atom stereocenters. The van der Waals surface area contributed by atoms with Gasteiger partial charge in [0, 0.05) is 6.54 Å². The summed E-state index contributed by atoms with van der Waals surface area (Å²) >= 11 is 0. The van der Waals surface area contributed by atoms with Crippen molar-refractivity contribution in [2.75, 3.05) is 26.4 Å². The maximum absolute atomic E-state index is 12.2. The molecule has 0 radical (unpaired) electrons. The Bertz CT molecular complexity index is 388. The first-order valence-corrected chi connectivity index (χ1v) is 7.70. The van der Waals surface area contributed by atoms with Crippen LogP contribution in [0, 0.1) is 0 Å². The molecule has 1 aliphatic heterocycles. The summed E-state index contributed by atoms with van der Waals surface area (Å²) in [5.74, 6) is -0.396. The molecule has 0 aromatic rings. The molecular formula is C16H27NO5. The van der Waals surface area contributed by atoms with Gasteiger partial charge in [0.2, 0.25) is 0 Å². The van der Waals surface area contributed by atoms with Crippen molar-refractivity contribution in [1.29, 1.82) is 0 Å². The van der Waals surface area contributed by atoms with Crippen LogP contribution < -0.4 is 0 Å². The molecule has 0 aromatic carbocycles. The lowest BCUT2D eigenvalue weighted by Crippen LogP contribution is -2.50. The molecule has 1 saturated heterocycles. The topological polar surface area (TPSA) is 65.1 Å². The fourth-order valence-electron chi connectivity index (χ4n) is 2.18. The number of piperidine rings is 1. The lowest BCUT2D eigenvalue weighted by molar-refractivity contribution is -0.152. The Morgan fingerprint density at radius 2 is 2.00 bits per heavy atom. The molecule has 1 heterocycles. The van der Waals surface area contributed by atoms with Gasteiger partial charge in [0.15, 0.2) is 0 Å². The van der Waals surface area contributed by atoms with Gasteiger partial charge < -0.3 is 14.2 Å². The second kappa shape index (κ2) is 8.78. The number of hydrogen-bond acceptors (Lipinski definition) is 5. The van der Waals surface area contributed by atoms with E-state index in [1.54, 1.807) is 26.8 Å². The number of likely N-dealkylation sites (tertiary alicyclic amines) is 1. The summed E-state index contributed by atoms with van der Waals surface area (Å²) in [4.78, 5) is 25.8. The van der Waals surface area contributed by atoms with Crippen LogP contribution in [0.4, 0.5) is 4.79 Å². The van der Waals surface area contributed by atoms with Crippen molar-refractivity contribution in [3.8, 4) is 0 Å². The van der Waals surface area contributed by atoms with Crippen LogP contribution in [0.25, 0.3) is 0 Å². The van der Waals surface area contributed by atoms with E-state index in [0.29, 0.717) is 26.2 Å². The van der Waals surface area contributed by atoms with Gasteiger partial charge in [-0.05, 0) is 40.0 Å². The minimum atomic E-state index is -0.582. The normalized spacial score (nSPS) is 18.7. The van der Waals surface area contributed by atoms with E-state index in [1.807, 2.05) is 0 Å². The van der Waals surface area contributed by atoms with Crippen LogP contribution in [0.2, 0.25) is 0 Å². The minimum absolute atomic E-state index is 0.172. The monoisotopic (exact) mass is 313 g/mol. The van der Waals surface area contributed by atoms with E-state index in [4.69, 9.17) is 14.2 Å². The third-order valence-electron chi connectivity index (χ3n) is 3.11. The zero-order valence-corrected chi connectivity index (χ0v) is 13.8. The molecular weight excluding hydrogens is 286 g/mol. The predicted molar refractivity (Wildman–Crippen MR) is 82.6 cm³/mol. The molecule has 6 heteroatoms. The van der Waals surface area contributed by atoms with Gasteiger partial charge in [-0.15, -0.1) is 6.58 Å². The number of carbonyl (C=O) groups excluding carboxylic acids is 2. The third kappa shape index (κ3) is 6.47. The van der Waals surface area contributed by atoms with Crippen molar-refractivity contribution in [3.63, 3.8) is 0 Å². The highest BCUT2D eigenvalue weighted by molar-refractivity contribution is 5.81. The van der Waals surface area contributed by atoms with Gasteiger partial charge in [0.05, 0.1) is 13.2 Å². The molecule has 6 nitrogen and oxygen atoms in total. The van der Waals surface area contributed by atoms with Crippen LogP contribution >= 0.6 is 0 Å². The lowest BCUT2D eigenvalue weighted by Gasteiger charge is -2.35. The van der Waals surface area contributed by atoms with Crippen molar-refractivity contribution >= 4 is 12.1 Å². The lowest BCUT2D eigenvalue weighted by atomic mass is 10.0. The summed E-state index contributed by atoms with van der Waals surface area (Å²) in [7, 11) is 0. The van der Waals surface area contributed by atoms with Gasteiger partial charge in [-0.2, -0.15) is 0 Å². The molecule has 0 N–H and O–H groups in total.